The normalized spacial score (nSPS) is 11.9. The van der Waals surface area contributed by atoms with E-state index in [9.17, 15) is 19.2 Å². The monoisotopic (exact) mass is 469 g/mol. The van der Waals surface area contributed by atoms with Crippen LogP contribution in [0.25, 0.3) is 11.0 Å². The molecule has 0 aliphatic rings. The van der Waals surface area contributed by atoms with Gasteiger partial charge in [0.2, 0.25) is 5.95 Å². The fraction of sp³-hybridized carbons (Fsp3) is 0.348. The number of hydrogen-bond acceptors (Lipinski definition) is 6. The van der Waals surface area contributed by atoms with Gasteiger partial charge in [-0.25, -0.2) is 4.79 Å². The Balaban J connectivity index is 1.43. The fourth-order valence-electron chi connectivity index (χ4n) is 3.64. The van der Waals surface area contributed by atoms with Crippen LogP contribution in [0.4, 0.5) is 5.95 Å². The number of carbonyl (C=O) groups is 3. The summed E-state index contributed by atoms with van der Waals surface area (Å²) in [6, 6.07) is 7.43. The molecule has 0 bridgehead atoms. The van der Waals surface area contributed by atoms with E-state index in [1.165, 1.54) is 0 Å². The van der Waals surface area contributed by atoms with E-state index in [0.717, 1.165) is 43.4 Å². The van der Waals surface area contributed by atoms with Crippen LogP contribution in [0.5, 0.6) is 0 Å². The first-order valence-electron chi connectivity index (χ1n) is 10.9. The van der Waals surface area contributed by atoms with Crippen LogP contribution in [-0.4, -0.2) is 49.1 Å². The van der Waals surface area contributed by atoms with Gasteiger partial charge in [0.05, 0.1) is 5.39 Å². The number of unbranched alkanes of at least 4 members (excludes halogenated alkanes) is 2. The summed E-state index contributed by atoms with van der Waals surface area (Å²) in [7, 11) is 0. The molecule has 180 valence electrons. The maximum absolute atomic E-state index is 12.3. The zero-order chi connectivity index (χ0) is 24.7. The number of anilines is 1. The number of fused-ring (bicyclic) bond motifs is 1. The van der Waals surface area contributed by atoms with E-state index in [1.54, 1.807) is 18.2 Å². The Morgan fingerprint density at radius 2 is 1.74 bits per heavy atom. The van der Waals surface area contributed by atoms with Gasteiger partial charge in [-0.15, -0.1) is 0 Å². The number of aryl methyl sites for hydroxylation is 2. The predicted octanol–water partition coefficient (Wildman–Crippen LogP) is 1.84. The van der Waals surface area contributed by atoms with Gasteiger partial charge < -0.3 is 26.2 Å². The standard InChI is InChI=1S/C23H27N5O6/c24-23-27-19-16(21(32)28-23)12-15(25-19)5-3-1-2-4-13-6-8-14(9-7-13)20(31)26-17(22(33)34)10-11-18(29)30/h6-9,12,17H,1-5,10-11H2,(H,26,31)(H,29,30)(H,33,34)(H4,24,25,27,28,32). The largest absolute Gasteiger partial charge is 0.481 e. The second-order valence-electron chi connectivity index (χ2n) is 8.06. The summed E-state index contributed by atoms with van der Waals surface area (Å²) in [5.41, 5.74) is 8.07. The van der Waals surface area contributed by atoms with Crippen LogP contribution >= 0.6 is 0 Å². The Kier molecular flexibility index (Phi) is 8.01. The summed E-state index contributed by atoms with van der Waals surface area (Å²) in [5, 5.41) is 20.7. The van der Waals surface area contributed by atoms with Crippen molar-refractivity contribution in [1.82, 2.24) is 20.3 Å². The third-order valence-corrected chi connectivity index (χ3v) is 5.45. The van der Waals surface area contributed by atoms with Crippen molar-refractivity contribution < 1.29 is 24.6 Å². The van der Waals surface area contributed by atoms with Crippen molar-refractivity contribution in [2.24, 2.45) is 0 Å². The van der Waals surface area contributed by atoms with Crippen molar-refractivity contribution in [2.45, 2.75) is 51.0 Å². The number of aliphatic carboxylic acids is 2. The van der Waals surface area contributed by atoms with E-state index in [2.05, 4.69) is 20.3 Å². The Morgan fingerprint density at radius 1 is 1.03 bits per heavy atom. The Labute approximate surface area is 194 Å². The molecular formula is C23H27N5O6. The zero-order valence-corrected chi connectivity index (χ0v) is 18.5. The highest BCUT2D eigenvalue weighted by atomic mass is 16.4. The van der Waals surface area contributed by atoms with Gasteiger partial charge in [0, 0.05) is 17.7 Å². The van der Waals surface area contributed by atoms with Gasteiger partial charge in [0.1, 0.15) is 11.7 Å². The first kappa shape index (κ1) is 24.5. The number of aromatic amines is 2. The van der Waals surface area contributed by atoms with Crippen molar-refractivity contribution in [3.63, 3.8) is 0 Å². The van der Waals surface area contributed by atoms with E-state index in [1.807, 2.05) is 12.1 Å². The van der Waals surface area contributed by atoms with Crippen LogP contribution < -0.4 is 16.6 Å². The zero-order valence-electron chi connectivity index (χ0n) is 18.5. The molecule has 3 rings (SSSR count). The molecule has 1 atom stereocenters. The molecule has 0 spiro atoms. The SMILES string of the molecule is Nc1nc2[nH]c(CCCCCc3ccc(C(=O)NC(CCC(=O)O)C(=O)O)cc3)cc2c(=O)[nH]1. The van der Waals surface area contributed by atoms with Crippen LogP contribution in [0.3, 0.4) is 0 Å². The number of nitrogen functional groups attached to an aromatic ring is 1. The molecule has 7 N–H and O–H groups in total. The molecule has 1 amide bonds. The molecule has 2 heterocycles. The molecule has 11 nitrogen and oxygen atoms in total. The number of H-pyrrole nitrogens is 2. The number of amides is 1. The number of nitrogens with zero attached hydrogens (tertiary/aromatic N) is 1. The molecule has 2 aromatic heterocycles. The molecule has 0 saturated heterocycles. The van der Waals surface area contributed by atoms with Gasteiger partial charge in [-0.3, -0.25) is 19.4 Å². The van der Waals surface area contributed by atoms with Crippen LogP contribution in [0, 0.1) is 0 Å². The van der Waals surface area contributed by atoms with Crippen LogP contribution in [0.15, 0.2) is 35.1 Å². The van der Waals surface area contributed by atoms with Crippen LogP contribution in [0.1, 0.15) is 53.7 Å². The number of rotatable bonds is 12. The summed E-state index contributed by atoms with van der Waals surface area (Å²) in [5.74, 6) is -2.87. The van der Waals surface area contributed by atoms with E-state index in [4.69, 9.17) is 15.9 Å². The Hall–Kier alpha value is -4.15. The Bertz CT molecular complexity index is 1230. The molecule has 0 aliphatic carbocycles. The number of carboxylic acids is 2. The third-order valence-electron chi connectivity index (χ3n) is 5.45. The maximum atomic E-state index is 12.3. The average molecular weight is 469 g/mol. The second-order valence-corrected chi connectivity index (χ2v) is 8.06. The van der Waals surface area contributed by atoms with Gasteiger partial charge >= 0.3 is 11.9 Å². The number of nitrogens with two attached hydrogens (primary N) is 1. The molecule has 11 heteroatoms. The lowest BCUT2D eigenvalue weighted by atomic mass is 10.0. The van der Waals surface area contributed by atoms with Crippen molar-refractivity contribution in [3.8, 4) is 0 Å². The molecule has 1 aromatic carbocycles. The molecule has 0 aliphatic heterocycles. The minimum atomic E-state index is -1.27. The number of benzene rings is 1. The number of nitrogens with one attached hydrogen (secondary N) is 3. The number of hydrogen-bond donors (Lipinski definition) is 6. The summed E-state index contributed by atoms with van der Waals surface area (Å²) in [4.78, 5) is 55.7. The molecule has 0 fully saturated rings. The van der Waals surface area contributed by atoms with Crippen molar-refractivity contribution in [3.05, 3.63) is 57.5 Å². The summed E-state index contributed by atoms with van der Waals surface area (Å²) in [6.07, 6.45) is 3.90. The molecule has 3 aromatic rings. The number of aromatic nitrogens is 3. The van der Waals surface area contributed by atoms with Gasteiger partial charge in [0.15, 0.2) is 0 Å². The second kappa shape index (κ2) is 11.1. The number of carbonyl (C=O) groups excluding carboxylic acids is 1. The predicted molar refractivity (Wildman–Crippen MR) is 125 cm³/mol. The molecule has 1 unspecified atom stereocenters. The van der Waals surface area contributed by atoms with Crippen LogP contribution in [0.2, 0.25) is 0 Å². The summed E-state index contributed by atoms with van der Waals surface area (Å²) < 4.78 is 0. The molecule has 0 saturated carbocycles. The Morgan fingerprint density at radius 3 is 2.41 bits per heavy atom. The van der Waals surface area contributed by atoms with E-state index in [0.29, 0.717) is 16.6 Å². The van der Waals surface area contributed by atoms with Gasteiger partial charge in [0.25, 0.3) is 11.5 Å². The minimum Gasteiger partial charge on any atom is -0.481 e. The highest BCUT2D eigenvalue weighted by Gasteiger charge is 2.21. The average Bonchev–Trinajstić information content (AvgIpc) is 3.19. The minimum absolute atomic E-state index is 0.0780. The lowest BCUT2D eigenvalue weighted by Gasteiger charge is -2.13. The maximum Gasteiger partial charge on any atom is 0.326 e. The fourth-order valence-corrected chi connectivity index (χ4v) is 3.64. The van der Waals surface area contributed by atoms with Crippen molar-refractivity contribution in [2.75, 3.05) is 5.73 Å². The van der Waals surface area contributed by atoms with Crippen molar-refractivity contribution >= 4 is 34.8 Å². The third kappa shape index (κ3) is 6.67. The van der Waals surface area contributed by atoms with E-state index in [-0.39, 0.29) is 24.3 Å². The molecule has 0 radical (unpaired) electrons. The quantitative estimate of drug-likeness (QED) is 0.216. The lowest BCUT2D eigenvalue weighted by molar-refractivity contribution is -0.140. The number of carboxylic acid groups (broad SMARTS) is 2. The topological polar surface area (TPSA) is 191 Å². The smallest absolute Gasteiger partial charge is 0.326 e. The lowest BCUT2D eigenvalue weighted by Crippen LogP contribution is -2.41. The van der Waals surface area contributed by atoms with Crippen molar-refractivity contribution in [1.29, 1.82) is 0 Å². The molecule has 34 heavy (non-hydrogen) atoms. The summed E-state index contributed by atoms with van der Waals surface area (Å²) >= 11 is 0. The highest BCUT2D eigenvalue weighted by Crippen LogP contribution is 2.14. The highest BCUT2D eigenvalue weighted by molar-refractivity contribution is 5.96. The first-order valence-corrected chi connectivity index (χ1v) is 10.9. The molecular weight excluding hydrogens is 442 g/mol. The van der Waals surface area contributed by atoms with Gasteiger partial charge in [-0.2, -0.15) is 4.98 Å². The van der Waals surface area contributed by atoms with Gasteiger partial charge in [-0.1, -0.05) is 18.6 Å². The van der Waals surface area contributed by atoms with E-state index < -0.39 is 23.9 Å². The summed E-state index contributed by atoms with van der Waals surface area (Å²) in [6.45, 7) is 0. The first-order chi connectivity index (χ1) is 16.2. The van der Waals surface area contributed by atoms with Crippen LogP contribution in [-0.2, 0) is 22.4 Å². The van der Waals surface area contributed by atoms with E-state index >= 15 is 0 Å². The van der Waals surface area contributed by atoms with Gasteiger partial charge in [-0.05, 0) is 55.9 Å².